The summed E-state index contributed by atoms with van der Waals surface area (Å²) in [6.45, 7) is 3.72. The molecule has 0 aromatic heterocycles. The van der Waals surface area contributed by atoms with Crippen LogP contribution in [-0.4, -0.2) is 22.2 Å². The SMILES string of the molecule is CC(C)NC(C(=O)O)c1ccc(O)c(Cl)c1. The predicted molar refractivity (Wildman–Crippen MR) is 61.8 cm³/mol. The van der Waals surface area contributed by atoms with Crippen LogP contribution in [-0.2, 0) is 4.79 Å². The molecule has 1 rings (SSSR count). The van der Waals surface area contributed by atoms with Crippen LogP contribution in [0, 0.1) is 0 Å². The van der Waals surface area contributed by atoms with E-state index in [9.17, 15) is 9.90 Å². The summed E-state index contributed by atoms with van der Waals surface area (Å²) in [7, 11) is 0. The van der Waals surface area contributed by atoms with Crippen molar-refractivity contribution in [2.24, 2.45) is 0 Å². The van der Waals surface area contributed by atoms with E-state index in [1.165, 1.54) is 18.2 Å². The number of rotatable bonds is 4. The van der Waals surface area contributed by atoms with E-state index in [2.05, 4.69) is 5.32 Å². The lowest BCUT2D eigenvalue weighted by molar-refractivity contribution is -0.139. The molecule has 0 aliphatic heterocycles. The maximum absolute atomic E-state index is 11.1. The average Bonchev–Trinajstić information content (AvgIpc) is 2.18. The van der Waals surface area contributed by atoms with Crippen LogP contribution in [0.3, 0.4) is 0 Å². The van der Waals surface area contributed by atoms with Gasteiger partial charge < -0.3 is 10.2 Å². The lowest BCUT2D eigenvalue weighted by atomic mass is 10.1. The van der Waals surface area contributed by atoms with Crippen molar-refractivity contribution >= 4 is 17.6 Å². The number of aromatic hydroxyl groups is 1. The van der Waals surface area contributed by atoms with E-state index in [4.69, 9.17) is 16.7 Å². The molecule has 1 unspecified atom stereocenters. The van der Waals surface area contributed by atoms with E-state index in [0.717, 1.165) is 0 Å². The Morgan fingerprint density at radius 3 is 2.50 bits per heavy atom. The summed E-state index contributed by atoms with van der Waals surface area (Å²) < 4.78 is 0. The molecule has 16 heavy (non-hydrogen) atoms. The van der Waals surface area contributed by atoms with Crippen molar-refractivity contribution in [3.63, 3.8) is 0 Å². The van der Waals surface area contributed by atoms with Crippen LogP contribution in [0.5, 0.6) is 5.75 Å². The number of benzene rings is 1. The van der Waals surface area contributed by atoms with Gasteiger partial charge in [0.1, 0.15) is 11.8 Å². The molecule has 0 fully saturated rings. The summed E-state index contributed by atoms with van der Waals surface area (Å²) >= 11 is 5.73. The number of phenols is 1. The molecule has 0 radical (unpaired) electrons. The molecule has 0 saturated heterocycles. The van der Waals surface area contributed by atoms with E-state index in [-0.39, 0.29) is 16.8 Å². The second kappa shape index (κ2) is 5.18. The molecular formula is C11H14ClNO3. The zero-order valence-electron chi connectivity index (χ0n) is 9.07. The fraction of sp³-hybridized carbons (Fsp3) is 0.364. The van der Waals surface area contributed by atoms with Crippen molar-refractivity contribution in [1.82, 2.24) is 5.32 Å². The molecule has 4 nitrogen and oxygen atoms in total. The third-order valence-corrected chi connectivity index (χ3v) is 2.35. The number of halogens is 1. The molecule has 0 aliphatic carbocycles. The van der Waals surface area contributed by atoms with Crippen molar-refractivity contribution in [1.29, 1.82) is 0 Å². The number of phenolic OH excluding ortho intramolecular Hbond substituents is 1. The Morgan fingerprint density at radius 1 is 1.44 bits per heavy atom. The lowest BCUT2D eigenvalue weighted by Crippen LogP contribution is -2.33. The second-order valence-electron chi connectivity index (χ2n) is 3.80. The highest BCUT2D eigenvalue weighted by Crippen LogP contribution is 2.26. The van der Waals surface area contributed by atoms with Crippen molar-refractivity contribution in [3.8, 4) is 5.75 Å². The molecular weight excluding hydrogens is 230 g/mol. The highest BCUT2D eigenvalue weighted by molar-refractivity contribution is 6.32. The van der Waals surface area contributed by atoms with Gasteiger partial charge in [-0.3, -0.25) is 10.1 Å². The van der Waals surface area contributed by atoms with Crippen LogP contribution >= 0.6 is 11.6 Å². The summed E-state index contributed by atoms with van der Waals surface area (Å²) in [6, 6.07) is 3.59. The third kappa shape index (κ3) is 3.12. The van der Waals surface area contributed by atoms with Crippen molar-refractivity contribution in [3.05, 3.63) is 28.8 Å². The molecule has 3 N–H and O–H groups in total. The molecule has 1 aromatic rings. The van der Waals surface area contributed by atoms with Crippen LogP contribution in [0.4, 0.5) is 0 Å². The molecule has 0 amide bonds. The van der Waals surface area contributed by atoms with Gasteiger partial charge in [0.2, 0.25) is 0 Å². The molecule has 5 heteroatoms. The van der Waals surface area contributed by atoms with Crippen molar-refractivity contribution < 1.29 is 15.0 Å². The number of hydrogen-bond donors (Lipinski definition) is 3. The van der Waals surface area contributed by atoms with E-state index < -0.39 is 12.0 Å². The van der Waals surface area contributed by atoms with E-state index in [1.807, 2.05) is 13.8 Å². The van der Waals surface area contributed by atoms with Crippen molar-refractivity contribution in [2.45, 2.75) is 25.9 Å². The van der Waals surface area contributed by atoms with Crippen LogP contribution in [0.2, 0.25) is 5.02 Å². The first-order valence-corrected chi connectivity index (χ1v) is 5.27. The molecule has 0 saturated carbocycles. The minimum absolute atomic E-state index is 0.0358. The van der Waals surface area contributed by atoms with Crippen LogP contribution < -0.4 is 5.32 Å². The minimum atomic E-state index is -0.976. The Hall–Kier alpha value is -1.26. The monoisotopic (exact) mass is 243 g/mol. The standard InChI is InChI=1S/C11H14ClNO3/c1-6(2)13-10(11(15)16)7-3-4-9(14)8(12)5-7/h3-6,10,13-14H,1-2H3,(H,15,16). The topological polar surface area (TPSA) is 69.6 Å². The molecule has 1 aromatic carbocycles. The van der Waals surface area contributed by atoms with Gasteiger partial charge in [0.25, 0.3) is 0 Å². The normalized spacial score (nSPS) is 12.8. The summed E-state index contributed by atoms with van der Waals surface area (Å²) in [5.74, 6) is -1.03. The van der Waals surface area contributed by atoms with Crippen LogP contribution in [0.15, 0.2) is 18.2 Å². The van der Waals surface area contributed by atoms with Gasteiger partial charge in [0.15, 0.2) is 0 Å². The van der Waals surface area contributed by atoms with E-state index in [1.54, 1.807) is 0 Å². The van der Waals surface area contributed by atoms with E-state index >= 15 is 0 Å². The fourth-order valence-corrected chi connectivity index (χ4v) is 1.54. The van der Waals surface area contributed by atoms with Gasteiger partial charge in [-0.15, -0.1) is 0 Å². The maximum atomic E-state index is 11.1. The summed E-state index contributed by atoms with van der Waals surface area (Å²) in [5.41, 5.74) is 0.518. The highest BCUT2D eigenvalue weighted by atomic mass is 35.5. The first kappa shape index (κ1) is 12.8. The number of hydrogen-bond acceptors (Lipinski definition) is 3. The third-order valence-electron chi connectivity index (χ3n) is 2.05. The zero-order chi connectivity index (χ0) is 12.3. The number of nitrogens with one attached hydrogen (secondary N) is 1. The first-order chi connectivity index (χ1) is 7.41. The Bertz CT molecular complexity index is 393. The molecule has 0 heterocycles. The second-order valence-corrected chi connectivity index (χ2v) is 4.21. The van der Waals surface area contributed by atoms with Gasteiger partial charge in [0, 0.05) is 6.04 Å². The first-order valence-electron chi connectivity index (χ1n) is 4.89. The quantitative estimate of drug-likeness (QED) is 0.758. The van der Waals surface area contributed by atoms with Gasteiger partial charge in [-0.25, -0.2) is 0 Å². The Labute approximate surface area is 98.9 Å². The Morgan fingerprint density at radius 2 is 2.06 bits per heavy atom. The summed E-state index contributed by atoms with van der Waals surface area (Å²) in [5, 5.41) is 21.4. The average molecular weight is 244 g/mol. The molecule has 0 bridgehead atoms. The maximum Gasteiger partial charge on any atom is 0.325 e. The molecule has 88 valence electrons. The minimum Gasteiger partial charge on any atom is -0.506 e. The Kier molecular flexibility index (Phi) is 4.15. The van der Waals surface area contributed by atoms with Crippen molar-refractivity contribution in [2.75, 3.05) is 0 Å². The number of carboxylic acid groups (broad SMARTS) is 1. The molecule has 1 atom stereocenters. The summed E-state index contributed by atoms with van der Waals surface area (Å²) in [6.07, 6.45) is 0. The van der Waals surface area contributed by atoms with Gasteiger partial charge in [-0.2, -0.15) is 0 Å². The highest BCUT2D eigenvalue weighted by Gasteiger charge is 2.20. The van der Waals surface area contributed by atoms with Gasteiger partial charge in [-0.1, -0.05) is 17.7 Å². The van der Waals surface area contributed by atoms with Gasteiger partial charge >= 0.3 is 5.97 Å². The molecule has 0 spiro atoms. The number of carboxylic acids is 1. The lowest BCUT2D eigenvalue weighted by Gasteiger charge is -2.17. The number of aliphatic carboxylic acids is 1. The van der Waals surface area contributed by atoms with Crippen LogP contribution in [0.1, 0.15) is 25.5 Å². The molecule has 0 aliphatic rings. The predicted octanol–water partition coefficient (Wildman–Crippen LogP) is 2.17. The smallest absolute Gasteiger partial charge is 0.325 e. The Balaban J connectivity index is 3.01. The van der Waals surface area contributed by atoms with Gasteiger partial charge in [0.05, 0.1) is 5.02 Å². The fourth-order valence-electron chi connectivity index (χ4n) is 1.35. The largest absolute Gasteiger partial charge is 0.506 e. The van der Waals surface area contributed by atoms with E-state index in [0.29, 0.717) is 5.56 Å². The van der Waals surface area contributed by atoms with Gasteiger partial charge in [-0.05, 0) is 31.5 Å². The van der Waals surface area contributed by atoms with Crippen LogP contribution in [0.25, 0.3) is 0 Å². The number of carbonyl (C=O) groups is 1. The zero-order valence-corrected chi connectivity index (χ0v) is 9.82. The summed E-state index contributed by atoms with van der Waals surface area (Å²) in [4.78, 5) is 11.1.